The summed E-state index contributed by atoms with van der Waals surface area (Å²) in [4.78, 5) is 5.00. The van der Waals surface area contributed by atoms with Crippen LogP contribution >= 0.6 is 0 Å². The van der Waals surface area contributed by atoms with E-state index in [1.807, 2.05) is 18.2 Å². The Balaban J connectivity index is 0.951. The standard InChI is InChI=1S/C74H74N2/c1-7-9-11-23-47-75(66-36-24-27-57(52-66)26-10-8-2)71-50-56(6)72(51-55(71)5)76(64-34-19-14-20-35-64)65-45-43-59(44-46-65)58-39-41-63(42-40-58)73(61-29-15-12-16-30-61)69-48-54(4)70(49-53(69)3)74(62-31-17-13-18-32-62)68-38-25-33-60-28-21-22-37-67(60)68/h7-8,10,12-34,36-47,49-50,52,54-55,64,67-68,73-74H,1-2,9,11,35,48,51H2,3-6H3. The van der Waals surface area contributed by atoms with E-state index in [0.717, 1.165) is 43.4 Å². The quantitative estimate of drug-likeness (QED) is 0.0490. The fraction of sp³-hybridized carbons (Fsp3) is 0.216. The summed E-state index contributed by atoms with van der Waals surface area (Å²) in [7, 11) is 0. The van der Waals surface area contributed by atoms with Gasteiger partial charge < -0.3 is 9.80 Å². The first-order chi connectivity index (χ1) is 37.3. The topological polar surface area (TPSA) is 6.48 Å². The molecule has 0 spiro atoms. The second-order valence-corrected chi connectivity index (χ2v) is 21.4. The molecular weight excluding hydrogens is 917 g/mol. The Bertz CT molecular complexity index is 3260. The normalized spacial score (nSPS) is 21.8. The van der Waals surface area contributed by atoms with Crippen molar-refractivity contribution in [3.8, 4) is 11.1 Å². The Morgan fingerprint density at radius 1 is 0.645 bits per heavy atom. The van der Waals surface area contributed by atoms with E-state index in [-0.39, 0.29) is 23.8 Å². The molecule has 0 saturated carbocycles. The van der Waals surface area contributed by atoms with Gasteiger partial charge in [-0.05, 0) is 133 Å². The van der Waals surface area contributed by atoms with Crippen LogP contribution in [0.4, 0.5) is 11.4 Å². The van der Waals surface area contributed by atoms with Crippen molar-refractivity contribution in [3.63, 3.8) is 0 Å². The Labute approximate surface area is 455 Å². The number of fused-ring (bicyclic) bond motifs is 1. The van der Waals surface area contributed by atoms with Crippen molar-refractivity contribution in [2.45, 2.75) is 77.7 Å². The molecule has 7 unspecified atom stereocenters. The van der Waals surface area contributed by atoms with Crippen LogP contribution in [-0.2, 0) is 0 Å². The maximum absolute atomic E-state index is 3.96. The highest BCUT2D eigenvalue weighted by Crippen LogP contribution is 2.50. The van der Waals surface area contributed by atoms with Crippen molar-refractivity contribution >= 4 is 17.5 Å². The van der Waals surface area contributed by atoms with Crippen LogP contribution in [0.1, 0.15) is 93.9 Å². The highest BCUT2D eigenvalue weighted by Gasteiger charge is 2.37. The summed E-state index contributed by atoms with van der Waals surface area (Å²) in [5.74, 6) is 1.81. The lowest BCUT2D eigenvalue weighted by Crippen LogP contribution is -2.37. The third-order valence-corrected chi connectivity index (χ3v) is 16.3. The van der Waals surface area contributed by atoms with E-state index in [1.54, 1.807) is 5.57 Å². The largest absolute Gasteiger partial charge is 0.338 e. The Morgan fingerprint density at radius 2 is 1.37 bits per heavy atom. The maximum atomic E-state index is 3.96. The molecule has 2 nitrogen and oxygen atoms in total. The molecule has 0 fully saturated rings. The van der Waals surface area contributed by atoms with Crippen molar-refractivity contribution in [2.24, 2.45) is 23.7 Å². The molecule has 0 aromatic heterocycles. The van der Waals surface area contributed by atoms with Crippen molar-refractivity contribution < 1.29 is 0 Å². The molecule has 0 saturated heterocycles. The van der Waals surface area contributed by atoms with Crippen molar-refractivity contribution in [3.05, 3.63) is 318 Å². The van der Waals surface area contributed by atoms with Gasteiger partial charge in [0.1, 0.15) is 0 Å². The molecule has 0 amide bonds. The predicted molar refractivity (Wildman–Crippen MR) is 327 cm³/mol. The zero-order chi connectivity index (χ0) is 52.4. The van der Waals surface area contributed by atoms with E-state index < -0.39 is 0 Å². The maximum Gasteiger partial charge on any atom is 0.0556 e. The molecule has 0 radical (unpaired) electrons. The third-order valence-electron chi connectivity index (χ3n) is 16.3. The van der Waals surface area contributed by atoms with Crippen molar-refractivity contribution in [1.82, 2.24) is 0 Å². The van der Waals surface area contributed by atoms with Crippen LogP contribution in [0, 0.1) is 23.7 Å². The third kappa shape index (κ3) is 11.3. The predicted octanol–water partition coefficient (Wildman–Crippen LogP) is 19.5. The number of benzene rings is 5. The van der Waals surface area contributed by atoms with Crippen LogP contribution in [0.25, 0.3) is 17.2 Å². The van der Waals surface area contributed by atoms with Crippen molar-refractivity contribution in [1.29, 1.82) is 0 Å². The number of nitrogens with zero attached hydrogens (tertiary/aromatic N) is 2. The lowest BCUT2D eigenvalue weighted by molar-refractivity contribution is 0.434. The molecular formula is C74H74N2. The van der Waals surface area contributed by atoms with Gasteiger partial charge in [-0.2, -0.15) is 0 Å². The molecule has 0 aliphatic heterocycles. The van der Waals surface area contributed by atoms with Gasteiger partial charge in [0.15, 0.2) is 0 Å². The Hall–Kier alpha value is -7.94. The molecule has 5 aromatic rings. The van der Waals surface area contributed by atoms with Crippen LogP contribution < -0.4 is 9.80 Å². The first-order valence-corrected chi connectivity index (χ1v) is 27.7. The van der Waals surface area contributed by atoms with Gasteiger partial charge in [-0.3, -0.25) is 0 Å². The number of hydrogen-bond donors (Lipinski definition) is 0. The number of anilines is 2. The van der Waals surface area contributed by atoms with Crippen molar-refractivity contribution in [2.75, 3.05) is 9.80 Å². The van der Waals surface area contributed by atoms with E-state index >= 15 is 0 Å². The Morgan fingerprint density at radius 3 is 2.09 bits per heavy atom. The minimum absolute atomic E-state index is 0.156. The summed E-state index contributed by atoms with van der Waals surface area (Å²) in [6.45, 7) is 17.4. The molecule has 0 heterocycles. The highest BCUT2D eigenvalue weighted by atomic mass is 15.2. The molecule has 76 heavy (non-hydrogen) atoms. The van der Waals surface area contributed by atoms with Crippen LogP contribution in [-0.4, -0.2) is 6.04 Å². The van der Waals surface area contributed by atoms with Gasteiger partial charge in [-0.1, -0.05) is 250 Å². The summed E-state index contributed by atoms with van der Waals surface area (Å²) >= 11 is 0. The van der Waals surface area contributed by atoms with Gasteiger partial charge in [-0.15, -0.1) is 6.58 Å². The molecule has 5 aliphatic rings. The number of hydrogen-bond acceptors (Lipinski definition) is 2. The second-order valence-electron chi connectivity index (χ2n) is 21.4. The van der Waals surface area contributed by atoms with Crippen LogP contribution in [0.3, 0.4) is 0 Å². The number of rotatable bonds is 18. The summed E-state index contributed by atoms with van der Waals surface area (Å²) in [6, 6.07) is 50.3. The summed E-state index contributed by atoms with van der Waals surface area (Å²) in [5.41, 5.74) is 19.9. The second kappa shape index (κ2) is 24.2. The molecule has 380 valence electrons. The SMILES string of the molecule is C=CC=Cc1cccc(N(C=CCCC=C)C2=CC(C)=C(N(c3ccc(-c4ccc(C(C5=C(C)C=C(C(c6ccccc6)C6C=CC=C7C=CC=CC76)C(C)C5)c5ccccc5)cc4)cc3)C3C=CC=CC3)CC2C)c1. The van der Waals surface area contributed by atoms with Gasteiger partial charge in [0.05, 0.1) is 6.04 Å². The van der Waals surface area contributed by atoms with E-state index in [1.165, 1.54) is 67.2 Å². The first-order valence-electron chi connectivity index (χ1n) is 27.7. The van der Waals surface area contributed by atoms with Gasteiger partial charge in [0.25, 0.3) is 0 Å². The number of unbranched alkanes of at least 4 members (excludes halogenated alkanes) is 1. The fourth-order valence-electron chi connectivity index (χ4n) is 12.5. The zero-order valence-corrected chi connectivity index (χ0v) is 45.1. The molecule has 5 aromatic carbocycles. The summed E-state index contributed by atoms with van der Waals surface area (Å²) in [5, 5.41) is 0. The average Bonchev–Trinajstić information content (AvgIpc) is 3.46. The molecule has 2 heteroatoms. The van der Waals surface area contributed by atoms with E-state index in [9.17, 15) is 0 Å². The lowest BCUT2D eigenvalue weighted by atomic mass is 9.64. The van der Waals surface area contributed by atoms with Gasteiger partial charge in [0.2, 0.25) is 0 Å². The monoisotopic (exact) mass is 991 g/mol. The van der Waals surface area contributed by atoms with E-state index in [2.05, 4.69) is 281 Å². The summed E-state index contributed by atoms with van der Waals surface area (Å²) < 4.78 is 0. The molecule has 7 atom stereocenters. The number of allylic oxidation sites excluding steroid dienone is 22. The van der Waals surface area contributed by atoms with Crippen LogP contribution in [0.5, 0.6) is 0 Å². The highest BCUT2D eigenvalue weighted by molar-refractivity contribution is 5.70. The van der Waals surface area contributed by atoms with Crippen LogP contribution in [0.2, 0.25) is 0 Å². The van der Waals surface area contributed by atoms with Gasteiger partial charge >= 0.3 is 0 Å². The molecule has 5 aliphatic carbocycles. The molecule has 10 rings (SSSR count). The van der Waals surface area contributed by atoms with E-state index in [0.29, 0.717) is 17.8 Å². The molecule has 0 bridgehead atoms. The first kappa shape index (κ1) is 51.5. The Kier molecular flexibility index (Phi) is 16.4. The van der Waals surface area contributed by atoms with Crippen LogP contribution in [0.15, 0.2) is 295 Å². The average molecular weight is 991 g/mol. The fourth-order valence-corrected chi connectivity index (χ4v) is 12.5. The van der Waals surface area contributed by atoms with Gasteiger partial charge in [-0.25, -0.2) is 0 Å². The smallest absolute Gasteiger partial charge is 0.0556 e. The minimum atomic E-state index is 0.156. The lowest BCUT2D eigenvalue weighted by Gasteiger charge is -2.40. The van der Waals surface area contributed by atoms with Gasteiger partial charge in [0, 0.05) is 52.6 Å². The zero-order valence-electron chi connectivity index (χ0n) is 45.1. The minimum Gasteiger partial charge on any atom is -0.338 e. The summed E-state index contributed by atoms with van der Waals surface area (Å²) in [6.07, 6.45) is 47.5. The molecule has 0 N–H and O–H groups in total. The van der Waals surface area contributed by atoms with E-state index in [4.69, 9.17) is 0 Å².